The van der Waals surface area contributed by atoms with Crippen LogP contribution in [0.5, 0.6) is 5.75 Å². The lowest BCUT2D eigenvalue weighted by Gasteiger charge is -2.19. The molecule has 20 heavy (non-hydrogen) atoms. The minimum absolute atomic E-state index is 0.0448. The van der Waals surface area contributed by atoms with Gasteiger partial charge < -0.3 is 15.4 Å². The number of benzene rings is 1. The Hall–Kier alpha value is -1.78. The molecule has 4 nitrogen and oxygen atoms in total. The molecule has 0 unspecified atom stereocenters. The van der Waals surface area contributed by atoms with Crippen LogP contribution in [0.2, 0.25) is 0 Å². The van der Waals surface area contributed by atoms with E-state index in [0.717, 1.165) is 5.56 Å². The van der Waals surface area contributed by atoms with Gasteiger partial charge in [0, 0.05) is 13.1 Å². The Morgan fingerprint density at radius 3 is 2.60 bits per heavy atom. The standard InChI is InChI=1S/C15H23FN2O2/c1-15(2,3)10-18-14(19)17-8-7-11-9-12(16)5-6-13(11)20-4/h5-6,9H,7-8,10H2,1-4H3,(H2,17,18,19). The van der Waals surface area contributed by atoms with Gasteiger partial charge in [0.05, 0.1) is 7.11 Å². The molecule has 0 atom stereocenters. The van der Waals surface area contributed by atoms with Crippen LogP contribution in [-0.4, -0.2) is 26.2 Å². The number of nitrogens with one attached hydrogen (secondary N) is 2. The van der Waals surface area contributed by atoms with E-state index in [0.29, 0.717) is 25.3 Å². The van der Waals surface area contributed by atoms with Gasteiger partial charge in [0.2, 0.25) is 0 Å². The molecular weight excluding hydrogens is 259 g/mol. The second-order valence-electron chi connectivity index (χ2n) is 5.88. The minimum Gasteiger partial charge on any atom is -0.496 e. The summed E-state index contributed by atoms with van der Waals surface area (Å²) in [6, 6.07) is 4.15. The summed E-state index contributed by atoms with van der Waals surface area (Å²) >= 11 is 0. The first kappa shape index (κ1) is 16.3. The molecule has 1 aromatic carbocycles. The maximum absolute atomic E-state index is 13.2. The summed E-state index contributed by atoms with van der Waals surface area (Å²) in [7, 11) is 1.54. The van der Waals surface area contributed by atoms with Gasteiger partial charge in [0.1, 0.15) is 11.6 Å². The van der Waals surface area contributed by atoms with E-state index < -0.39 is 0 Å². The van der Waals surface area contributed by atoms with Crippen molar-refractivity contribution in [2.75, 3.05) is 20.2 Å². The highest BCUT2D eigenvalue weighted by atomic mass is 19.1. The zero-order valence-corrected chi connectivity index (χ0v) is 12.5. The fraction of sp³-hybridized carbons (Fsp3) is 0.533. The first-order valence-electron chi connectivity index (χ1n) is 6.66. The van der Waals surface area contributed by atoms with Crippen molar-refractivity contribution in [2.45, 2.75) is 27.2 Å². The second-order valence-corrected chi connectivity index (χ2v) is 5.88. The molecule has 0 aromatic heterocycles. The van der Waals surface area contributed by atoms with Crippen LogP contribution in [-0.2, 0) is 6.42 Å². The van der Waals surface area contributed by atoms with E-state index >= 15 is 0 Å². The third kappa shape index (κ3) is 5.91. The van der Waals surface area contributed by atoms with Crippen molar-refractivity contribution in [3.63, 3.8) is 0 Å². The molecule has 112 valence electrons. The summed E-state index contributed by atoms with van der Waals surface area (Å²) in [5.41, 5.74) is 0.784. The van der Waals surface area contributed by atoms with Crippen LogP contribution in [0.4, 0.5) is 9.18 Å². The Labute approximate surface area is 119 Å². The SMILES string of the molecule is COc1ccc(F)cc1CCNC(=O)NCC(C)(C)C. The van der Waals surface area contributed by atoms with Gasteiger partial charge in [-0.1, -0.05) is 20.8 Å². The third-order valence-corrected chi connectivity index (χ3v) is 2.70. The lowest BCUT2D eigenvalue weighted by Crippen LogP contribution is -2.40. The van der Waals surface area contributed by atoms with Crippen molar-refractivity contribution < 1.29 is 13.9 Å². The highest BCUT2D eigenvalue weighted by Gasteiger charge is 2.11. The van der Waals surface area contributed by atoms with Crippen molar-refractivity contribution in [2.24, 2.45) is 5.41 Å². The van der Waals surface area contributed by atoms with Crippen LogP contribution in [0.3, 0.4) is 0 Å². The average Bonchev–Trinajstić information content (AvgIpc) is 2.36. The smallest absolute Gasteiger partial charge is 0.314 e. The Morgan fingerprint density at radius 1 is 1.30 bits per heavy atom. The topological polar surface area (TPSA) is 50.4 Å². The predicted octanol–water partition coefficient (Wildman–Crippen LogP) is 2.72. The highest BCUT2D eigenvalue weighted by molar-refractivity contribution is 5.73. The Balaban J connectivity index is 2.41. The molecule has 0 fully saturated rings. The Bertz CT molecular complexity index is 456. The van der Waals surface area contributed by atoms with Crippen molar-refractivity contribution in [1.82, 2.24) is 10.6 Å². The summed E-state index contributed by atoms with van der Waals surface area (Å²) in [5, 5.41) is 5.54. The number of halogens is 1. The zero-order chi connectivity index (χ0) is 15.2. The number of hydrogen-bond donors (Lipinski definition) is 2. The zero-order valence-electron chi connectivity index (χ0n) is 12.5. The van der Waals surface area contributed by atoms with Crippen molar-refractivity contribution in [1.29, 1.82) is 0 Å². The van der Waals surface area contributed by atoms with Gasteiger partial charge in [-0.3, -0.25) is 0 Å². The van der Waals surface area contributed by atoms with Gasteiger partial charge in [-0.15, -0.1) is 0 Å². The molecule has 1 aromatic rings. The molecule has 0 spiro atoms. The number of carbonyl (C=O) groups excluding carboxylic acids is 1. The monoisotopic (exact) mass is 282 g/mol. The highest BCUT2D eigenvalue weighted by Crippen LogP contribution is 2.19. The normalized spacial score (nSPS) is 11.1. The van der Waals surface area contributed by atoms with Crippen LogP contribution >= 0.6 is 0 Å². The number of rotatable bonds is 5. The molecule has 0 aliphatic heterocycles. The molecule has 0 aliphatic rings. The Kier molecular flexibility index (Phi) is 5.80. The van der Waals surface area contributed by atoms with E-state index in [1.807, 2.05) is 20.8 Å². The molecule has 2 amide bonds. The van der Waals surface area contributed by atoms with Gasteiger partial charge in [0.25, 0.3) is 0 Å². The van der Waals surface area contributed by atoms with E-state index in [1.54, 1.807) is 13.2 Å². The maximum atomic E-state index is 13.2. The van der Waals surface area contributed by atoms with E-state index in [1.165, 1.54) is 12.1 Å². The quantitative estimate of drug-likeness (QED) is 0.872. The first-order chi connectivity index (χ1) is 9.31. The molecule has 5 heteroatoms. The maximum Gasteiger partial charge on any atom is 0.314 e. The lowest BCUT2D eigenvalue weighted by atomic mass is 9.97. The van der Waals surface area contributed by atoms with E-state index in [9.17, 15) is 9.18 Å². The minimum atomic E-state index is -0.307. The lowest BCUT2D eigenvalue weighted by molar-refractivity contribution is 0.235. The molecular formula is C15H23FN2O2. The van der Waals surface area contributed by atoms with Crippen LogP contribution in [0.25, 0.3) is 0 Å². The number of urea groups is 1. The summed E-state index contributed by atoms with van der Waals surface area (Å²) in [6.45, 7) is 7.17. The van der Waals surface area contributed by atoms with Crippen LogP contribution in [0.1, 0.15) is 26.3 Å². The molecule has 0 radical (unpaired) electrons. The number of hydrogen-bond acceptors (Lipinski definition) is 2. The Morgan fingerprint density at radius 2 is 2.00 bits per heavy atom. The fourth-order valence-corrected chi connectivity index (χ4v) is 1.66. The summed E-state index contributed by atoms with van der Waals surface area (Å²) in [5.74, 6) is 0.321. The van der Waals surface area contributed by atoms with Gasteiger partial charge in [-0.05, 0) is 35.6 Å². The number of amides is 2. The molecule has 0 bridgehead atoms. The third-order valence-electron chi connectivity index (χ3n) is 2.70. The van der Waals surface area contributed by atoms with E-state index in [2.05, 4.69) is 10.6 Å². The van der Waals surface area contributed by atoms with Gasteiger partial charge in [-0.25, -0.2) is 9.18 Å². The molecule has 2 N–H and O–H groups in total. The summed E-state index contributed by atoms with van der Waals surface area (Å²) in [4.78, 5) is 11.6. The number of ether oxygens (including phenoxy) is 1. The molecule has 0 heterocycles. The van der Waals surface area contributed by atoms with Gasteiger partial charge in [0.15, 0.2) is 0 Å². The van der Waals surface area contributed by atoms with E-state index in [-0.39, 0.29) is 17.3 Å². The molecule has 0 saturated heterocycles. The first-order valence-corrected chi connectivity index (χ1v) is 6.66. The van der Waals surface area contributed by atoms with Crippen LogP contribution < -0.4 is 15.4 Å². The summed E-state index contributed by atoms with van der Waals surface area (Å²) in [6.07, 6.45) is 0.518. The molecule has 0 aliphatic carbocycles. The fourth-order valence-electron chi connectivity index (χ4n) is 1.66. The van der Waals surface area contributed by atoms with E-state index in [4.69, 9.17) is 4.74 Å². The average molecular weight is 282 g/mol. The predicted molar refractivity (Wildman–Crippen MR) is 77.5 cm³/mol. The number of methoxy groups -OCH3 is 1. The van der Waals surface area contributed by atoms with Crippen molar-refractivity contribution in [3.05, 3.63) is 29.6 Å². The second kappa shape index (κ2) is 7.12. The molecule has 0 saturated carbocycles. The molecule has 1 rings (SSSR count). The number of carbonyl (C=O) groups is 1. The van der Waals surface area contributed by atoms with Gasteiger partial charge in [-0.2, -0.15) is 0 Å². The van der Waals surface area contributed by atoms with Gasteiger partial charge >= 0.3 is 6.03 Å². The summed E-state index contributed by atoms with van der Waals surface area (Å²) < 4.78 is 18.3. The van der Waals surface area contributed by atoms with Crippen LogP contribution in [0, 0.1) is 11.2 Å². The largest absolute Gasteiger partial charge is 0.496 e. The van der Waals surface area contributed by atoms with Crippen molar-refractivity contribution in [3.8, 4) is 5.75 Å². The van der Waals surface area contributed by atoms with Crippen molar-refractivity contribution >= 4 is 6.03 Å². The van der Waals surface area contributed by atoms with Crippen LogP contribution in [0.15, 0.2) is 18.2 Å².